The van der Waals surface area contributed by atoms with Crippen molar-refractivity contribution in [2.75, 3.05) is 6.61 Å². The summed E-state index contributed by atoms with van der Waals surface area (Å²) < 4.78 is 5.37. The van der Waals surface area contributed by atoms with Gasteiger partial charge in [-0.15, -0.1) is 0 Å². The molecular weight excluding hydrogens is 188 g/mol. The molecule has 2 nitrogen and oxygen atoms in total. The molecular formula is C13H18O2. The van der Waals surface area contributed by atoms with Gasteiger partial charge in [0.15, 0.2) is 5.76 Å². The Balaban J connectivity index is 1.90. The smallest absolute Gasteiger partial charge is 0.201 e. The van der Waals surface area contributed by atoms with Crippen molar-refractivity contribution in [1.29, 1.82) is 0 Å². The van der Waals surface area contributed by atoms with E-state index in [0.29, 0.717) is 18.8 Å². The molecule has 0 fully saturated rings. The van der Waals surface area contributed by atoms with E-state index in [-0.39, 0.29) is 5.78 Å². The van der Waals surface area contributed by atoms with E-state index in [9.17, 15) is 4.79 Å². The summed E-state index contributed by atoms with van der Waals surface area (Å²) in [6, 6.07) is 0. The molecule has 1 aliphatic carbocycles. The molecule has 0 aromatic heterocycles. The minimum atomic E-state index is 0.169. The molecule has 15 heavy (non-hydrogen) atoms. The van der Waals surface area contributed by atoms with Crippen LogP contribution in [0.25, 0.3) is 0 Å². The Labute approximate surface area is 91.0 Å². The maximum Gasteiger partial charge on any atom is 0.201 e. The summed E-state index contributed by atoms with van der Waals surface area (Å²) in [6.07, 6.45) is 11.5. The second-order valence-electron chi connectivity index (χ2n) is 4.27. The lowest BCUT2D eigenvalue weighted by atomic mass is 9.95. The van der Waals surface area contributed by atoms with Gasteiger partial charge in [-0.2, -0.15) is 0 Å². The topological polar surface area (TPSA) is 26.3 Å². The molecule has 0 N–H and O–H groups in total. The number of hydrogen-bond donors (Lipinski definition) is 0. The van der Waals surface area contributed by atoms with E-state index in [4.69, 9.17) is 4.74 Å². The fourth-order valence-electron chi connectivity index (χ4n) is 2.11. The third kappa shape index (κ3) is 2.95. The van der Waals surface area contributed by atoms with E-state index in [2.05, 4.69) is 6.08 Å². The Bertz CT molecular complexity index is 300. The van der Waals surface area contributed by atoms with E-state index in [1.807, 2.05) is 6.08 Å². The van der Waals surface area contributed by atoms with E-state index in [0.717, 1.165) is 25.7 Å². The number of ether oxygens (including phenoxy) is 1. The molecule has 2 heteroatoms. The predicted octanol–water partition coefficient (Wildman–Crippen LogP) is 3.14. The molecule has 0 radical (unpaired) electrons. The van der Waals surface area contributed by atoms with Gasteiger partial charge in [0.25, 0.3) is 0 Å². The molecule has 2 aliphatic rings. The number of Topliss-reactive ketones (excluding diaryl/α,β-unsaturated/α-hetero) is 1. The Morgan fingerprint density at radius 1 is 1.20 bits per heavy atom. The monoisotopic (exact) mass is 206 g/mol. The molecule has 0 saturated carbocycles. The van der Waals surface area contributed by atoms with Gasteiger partial charge >= 0.3 is 0 Å². The number of carbonyl (C=O) groups excluding carboxylic acids is 1. The lowest BCUT2D eigenvalue weighted by Gasteiger charge is -2.16. The van der Waals surface area contributed by atoms with Crippen molar-refractivity contribution in [3.05, 3.63) is 23.5 Å². The lowest BCUT2D eigenvalue weighted by molar-refractivity contribution is -0.118. The van der Waals surface area contributed by atoms with Crippen molar-refractivity contribution < 1.29 is 9.53 Å². The third-order valence-corrected chi connectivity index (χ3v) is 2.98. The minimum absolute atomic E-state index is 0.169. The van der Waals surface area contributed by atoms with Gasteiger partial charge < -0.3 is 4.74 Å². The van der Waals surface area contributed by atoms with Crippen molar-refractivity contribution in [3.8, 4) is 0 Å². The highest BCUT2D eigenvalue weighted by Crippen LogP contribution is 2.22. The van der Waals surface area contributed by atoms with E-state index in [1.165, 1.54) is 18.4 Å². The van der Waals surface area contributed by atoms with Crippen LogP contribution in [-0.2, 0) is 9.53 Å². The standard InChI is InChI=1S/C13H18O2/c14-12(13-8-4-5-9-15-13)10-11-6-2-1-3-7-11/h6,8H,1-5,7,9-10H2. The van der Waals surface area contributed by atoms with Gasteiger partial charge in [-0.05, 0) is 44.6 Å². The Morgan fingerprint density at radius 3 is 2.73 bits per heavy atom. The molecule has 1 aliphatic heterocycles. The minimum Gasteiger partial charge on any atom is -0.490 e. The highest BCUT2D eigenvalue weighted by Gasteiger charge is 2.16. The molecule has 82 valence electrons. The largest absolute Gasteiger partial charge is 0.490 e. The number of allylic oxidation sites excluding steroid dienone is 4. The zero-order valence-corrected chi connectivity index (χ0v) is 9.13. The van der Waals surface area contributed by atoms with Crippen molar-refractivity contribution >= 4 is 5.78 Å². The van der Waals surface area contributed by atoms with Crippen LogP contribution in [0.2, 0.25) is 0 Å². The Morgan fingerprint density at radius 2 is 2.07 bits per heavy atom. The first kappa shape index (κ1) is 10.5. The summed E-state index contributed by atoms with van der Waals surface area (Å²) in [6.45, 7) is 0.705. The third-order valence-electron chi connectivity index (χ3n) is 2.98. The van der Waals surface area contributed by atoms with Gasteiger partial charge in [-0.25, -0.2) is 0 Å². The summed E-state index contributed by atoms with van der Waals surface area (Å²) in [5, 5.41) is 0. The first-order chi connectivity index (χ1) is 7.36. The highest BCUT2D eigenvalue weighted by atomic mass is 16.5. The maximum atomic E-state index is 11.8. The molecule has 0 aromatic carbocycles. The van der Waals surface area contributed by atoms with E-state index >= 15 is 0 Å². The normalized spacial score (nSPS) is 21.3. The summed E-state index contributed by atoms with van der Waals surface area (Å²) in [5.74, 6) is 0.774. The second-order valence-corrected chi connectivity index (χ2v) is 4.27. The van der Waals surface area contributed by atoms with Crippen molar-refractivity contribution in [3.63, 3.8) is 0 Å². The van der Waals surface area contributed by atoms with Crippen molar-refractivity contribution in [2.24, 2.45) is 0 Å². The van der Waals surface area contributed by atoms with Gasteiger partial charge in [0, 0.05) is 6.42 Å². The zero-order chi connectivity index (χ0) is 10.5. The number of rotatable bonds is 3. The lowest BCUT2D eigenvalue weighted by Crippen LogP contribution is -2.12. The van der Waals surface area contributed by atoms with E-state index in [1.54, 1.807) is 0 Å². The number of hydrogen-bond acceptors (Lipinski definition) is 2. The summed E-state index contributed by atoms with van der Waals surface area (Å²) >= 11 is 0. The molecule has 0 amide bonds. The Kier molecular flexibility index (Phi) is 3.59. The van der Waals surface area contributed by atoms with Gasteiger partial charge in [-0.1, -0.05) is 11.6 Å². The summed E-state index contributed by atoms with van der Waals surface area (Å²) in [7, 11) is 0. The number of ketones is 1. The number of carbonyl (C=O) groups is 1. The van der Waals surface area contributed by atoms with Crippen LogP contribution in [0.5, 0.6) is 0 Å². The maximum absolute atomic E-state index is 11.8. The van der Waals surface area contributed by atoms with Gasteiger partial charge in [0.1, 0.15) is 0 Å². The molecule has 1 heterocycles. The average molecular weight is 206 g/mol. The fraction of sp³-hybridized carbons (Fsp3) is 0.615. The molecule has 2 rings (SSSR count). The quantitative estimate of drug-likeness (QED) is 0.663. The molecule has 0 bridgehead atoms. The zero-order valence-electron chi connectivity index (χ0n) is 9.13. The average Bonchev–Trinajstić information content (AvgIpc) is 2.31. The van der Waals surface area contributed by atoms with Crippen LogP contribution in [0.4, 0.5) is 0 Å². The van der Waals surface area contributed by atoms with E-state index < -0.39 is 0 Å². The van der Waals surface area contributed by atoms with Crippen LogP contribution in [-0.4, -0.2) is 12.4 Å². The predicted molar refractivity (Wildman–Crippen MR) is 59.4 cm³/mol. The summed E-state index contributed by atoms with van der Waals surface area (Å²) in [4.78, 5) is 11.8. The van der Waals surface area contributed by atoms with Crippen LogP contribution in [0.1, 0.15) is 44.9 Å². The first-order valence-corrected chi connectivity index (χ1v) is 5.90. The van der Waals surface area contributed by atoms with Crippen LogP contribution in [0, 0.1) is 0 Å². The summed E-state index contributed by atoms with van der Waals surface area (Å²) in [5.41, 5.74) is 1.31. The van der Waals surface area contributed by atoms with Crippen LogP contribution >= 0.6 is 0 Å². The van der Waals surface area contributed by atoms with Gasteiger partial charge in [-0.3, -0.25) is 4.79 Å². The molecule has 0 saturated heterocycles. The van der Waals surface area contributed by atoms with Gasteiger partial charge in [0.2, 0.25) is 5.78 Å². The molecule has 0 spiro atoms. The SMILES string of the molecule is O=C(CC1=CCCCC1)C1=CCCCO1. The Hall–Kier alpha value is -1.05. The van der Waals surface area contributed by atoms with Crippen LogP contribution in [0.3, 0.4) is 0 Å². The van der Waals surface area contributed by atoms with Gasteiger partial charge in [0.05, 0.1) is 6.61 Å². The molecule has 0 atom stereocenters. The molecule has 0 aromatic rings. The van der Waals surface area contributed by atoms with Crippen molar-refractivity contribution in [1.82, 2.24) is 0 Å². The second kappa shape index (κ2) is 5.15. The fourth-order valence-corrected chi connectivity index (χ4v) is 2.11. The first-order valence-electron chi connectivity index (χ1n) is 5.90. The molecule has 0 unspecified atom stereocenters. The highest BCUT2D eigenvalue weighted by molar-refractivity contribution is 5.95. The van der Waals surface area contributed by atoms with Crippen molar-refractivity contribution in [2.45, 2.75) is 44.9 Å². The van der Waals surface area contributed by atoms with Crippen LogP contribution in [0.15, 0.2) is 23.5 Å². The van der Waals surface area contributed by atoms with Crippen LogP contribution < -0.4 is 0 Å².